The van der Waals surface area contributed by atoms with Crippen LogP contribution in [0.15, 0.2) is 12.2 Å². The summed E-state index contributed by atoms with van der Waals surface area (Å²) in [5.41, 5.74) is 0. The highest BCUT2D eigenvalue weighted by Gasteiger charge is 2.56. The maximum atomic E-state index is 12.8. The molecule has 0 aliphatic rings. The zero-order valence-electron chi connectivity index (χ0n) is 12.8. The molecular weight excluding hydrogens is 428 g/mol. The van der Waals surface area contributed by atoms with Gasteiger partial charge < -0.3 is 9.47 Å². The first kappa shape index (κ1) is 25.0. The van der Waals surface area contributed by atoms with Crippen molar-refractivity contribution < 1.29 is 67.2 Å². The lowest BCUT2D eigenvalue weighted by atomic mass is 10.2. The van der Waals surface area contributed by atoms with Crippen LogP contribution in [0.3, 0.4) is 0 Å². The minimum absolute atomic E-state index is 0.216. The van der Waals surface area contributed by atoms with E-state index in [2.05, 4.69) is 9.47 Å². The van der Waals surface area contributed by atoms with Gasteiger partial charge in [-0.05, 0) is 0 Å². The SMILES string of the molecule is CC(F)(F)C(OC(=O)/C=C/C(=O)OC(CS(=O)(=O)O)C(F)(F)F)C(F)(F)F. The van der Waals surface area contributed by atoms with Crippen LogP contribution in [0.2, 0.25) is 0 Å². The Kier molecular flexibility index (Phi) is 7.76. The van der Waals surface area contributed by atoms with Gasteiger partial charge in [0, 0.05) is 19.1 Å². The quantitative estimate of drug-likeness (QED) is 0.281. The molecule has 0 radical (unpaired) electrons. The van der Waals surface area contributed by atoms with Crippen LogP contribution in [-0.2, 0) is 29.2 Å². The first-order chi connectivity index (χ1) is 11.7. The predicted molar refractivity (Wildman–Crippen MR) is 68.0 cm³/mol. The van der Waals surface area contributed by atoms with Crippen LogP contribution in [0.25, 0.3) is 0 Å². The van der Waals surface area contributed by atoms with Crippen molar-refractivity contribution in [2.45, 2.75) is 37.4 Å². The highest BCUT2D eigenvalue weighted by molar-refractivity contribution is 7.85. The predicted octanol–water partition coefficient (Wildman–Crippen LogP) is 2.03. The fraction of sp³-hybridized carbons (Fsp3) is 0.636. The van der Waals surface area contributed by atoms with Gasteiger partial charge in [0.15, 0.2) is 0 Å². The number of rotatable bonds is 7. The molecule has 158 valence electrons. The summed E-state index contributed by atoms with van der Waals surface area (Å²) >= 11 is 0. The first-order valence-electron chi connectivity index (χ1n) is 6.29. The Morgan fingerprint density at radius 2 is 1.33 bits per heavy atom. The van der Waals surface area contributed by atoms with E-state index < -0.39 is 58.3 Å². The van der Waals surface area contributed by atoms with Gasteiger partial charge in [-0.1, -0.05) is 0 Å². The molecule has 1 N–H and O–H groups in total. The smallest absolute Gasteiger partial charge is 0.431 e. The molecule has 2 unspecified atom stereocenters. The fourth-order valence-corrected chi connectivity index (χ4v) is 1.95. The van der Waals surface area contributed by atoms with E-state index in [-0.39, 0.29) is 19.1 Å². The Labute approximate surface area is 145 Å². The lowest BCUT2D eigenvalue weighted by Crippen LogP contribution is -2.46. The number of esters is 2. The molecule has 0 rings (SSSR count). The van der Waals surface area contributed by atoms with Crippen LogP contribution in [0.5, 0.6) is 0 Å². The third-order valence-corrected chi connectivity index (χ3v) is 3.06. The summed E-state index contributed by atoms with van der Waals surface area (Å²) in [6, 6.07) is 0. The van der Waals surface area contributed by atoms with E-state index in [4.69, 9.17) is 4.55 Å². The van der Waals surface area contributed by atoms with Crippen LogP contribution >= 0.6 is 0 Å². The number of ether oxygens (including phenoxy) is 2. The van der Waals surface area contributed by atoms with Crippen LogP contribution in [-0.4, -0.2) is 61.1 Å². The van der Waals surface area contributed by atoms with Gasteiger partial charge in [-0.25, -0.2) is 18.4 Å². The zero-order chi connectivity index (χ0) is 21.8. The highest BCUT2D eigenvalue weighted by atomic mass is 32.2. The Morgan fingerprint density at radius 3 is 1.63 bits per heavy atom. The lowest BCUT2D eigenvalue weighted by molar-refractivity contribution is -0.271. The summed E-state index contributed by atoms with van der Waals surface area (Å²) in [5.74, 6) is -10.9. The molecule has 0 aromatic heterocycles. The van der Waals surface area contributed by atoms with E-state index in [1.807, 2.05) is 0 Å². The van der Waals surface area contributed by atoms with E-state index in [0.29, 0.717) is 0 Å². The molecule has 0 heterocycles. The van der Waals surface area contributed by atoms with Gasteiger partial charge in [0.25, 0.3) is 22.1 Å². The van der Waals surface area contributed by atoms with E-state index in [1.54, 1.807) is 0 Å². The summed E-state index contributed by atoms with van der Waals surface area (Å²) in [6.45, 7) is -0.223. The van der Waals surface area contributed by atoms with Crippen molar-refractivity contribution in [1.29, 1.82) is 0 Å². The number of alkyl halides is 8. The van der Waals surface area contributed by atoms with Crippen LogP contribution < -0.4 is 0 Å². The second kappa shape index (κ2) is 8.37. The van der Waals surface area contributed by atoms with Gasteiger partial charge in [-0.2, -0.15) is 34.8 Å². The summed E-state index contributed by atoms with van der Waals surface area (Å²) in [4.78, 5) is 22.2. The van der Waals surface area contributed by atoms with Crippen molar-refractivity contribution in [2.24, 2.45) is 0 Å². The number of hydrogen-bond acceptors (Lipinski definition) is 6. The molecule has 16 heteroatoms. The average molecular weight is 438 g/mol. The lowest BCUT2D eigenvalue weighted by Gasteiger charge is -2.25. The van der Waals surface area contributed by atoms with Crippen LogP contribution in [0.4, 0.5) is 35.1 Å². The molecular formula is C11H10F8O7S. The molecule has 27 heavy (non-hydrogen) atoms. The molecule has 7 nitrogen and oxygen atoms in total. The number of hydrogen-bond donors (Lipinski definition) is 1. The van der Waals surface area contributed by atoms with E-state index >= 15 is 0 Å². The maximum Gasteiger partial charge on any atom is 0.431 e. The minimum Gasteiger partial charge on any atom is -0.448 e. The third kappa shape index (κ3) is 10.1. The molecule has 0 aromatic rings. The van der Waals surface area contributed by atoms with Crippen molar-refractivity contribution in [3.05, 3.63) is 12.2 Å². The Hall–Kier alpha value is -1.97. The molecule has 0 aliphatic heterocycles. The van der Waals surface area contributed by atoms with Gasteiger partial charge in [-0.3, -0.25) is 4.55 Å². The van der Waals surface area contributed by atoms with E-state index in [0.717, 1.165) is 0 Å². The Bertz CT molecular complexity index is 660. The Balaban J connectivity index is 5.12. The zero-order valence-corrected chi connectivity index (χ0v) is 13.7. The fourth-order valence-electron chi connectivity index (χ4n) is 1.32. The number of carbonyl (C=O) groups is 2. The second-order valence-electron chi connectivity index (χ2n) is 4.86. The van der Waals surface area contributed by atoms with Gasteiger partial charge in [0.1, 0.15) is 5.75 Å². The minimum atomic E-state index is -5.70. The van der Waals surface area contributed by atoms with E-state index in [9.17, 15) is 53.1 Å². The molecule has 0 saturated carbocycles. The third-order valence-electron chi connectivity index (χ3n) is 2.33. The number of carbonyl (C=O) groups excluding carboxylic acids is 2. The highest BCUT2D eigenvalue weighted by Crippen LogP contribution is 2.34. The molecule has 0 fully saturated rings. The van der Waals surface area contributed by atoms with Crippen molar-refractivity contribution in [2.75, 3.05) is 5.75 Å². The van der Waals surface area contributed by atoms with Crippen molar-refractivity contribution in [1.82, 2.24) is 0 Å². The number of halogens is 8. The summed E-state index contributed by atoms with van der Waals surface area (Å²) in [5, 5.41) is 0. The Morgan fingerprint density at radius 1 is 0.926 bits per heavy atom. The molecule has 0 spiro atoms. The second-order valence-corrected chi connectivity index (χ2v) is 6.36. The van der Waals surface area contributed by atoms with Crippen molar-refractivity contribution in [3.63, 3.8) is 0 Å². The molecule has 0 aliphatic carbocycles. The standard InChI is InChI=1S/C11H10F8O7S/c1-9(12,13)8(11(17,18)19)26-7(21)3-2-6(20)25-5(10(14,15)16)4-27(22,23)24/h2-3,5,8H,4H2,1H3,(H,22,23,24)/b3-2+. The topological polar surface area (TPSA) is 107 Å². The first-order valence-corrected chi connectivity index (χ1v) is 7.90. The van der Waals surface area contributed by atoms with Gasteiger partial charge in [0.05, 0.1) is 0 Å². The average Bonchev–Trinajstić information content (AvgIpc) is 2.36. The van der Waals surface area contributed by atoms with Crippen molar-refractivity contribution >= 4 is 22.1 Å². The molecule has 0 amide bonds. The van der Waals surface area contributed by atoms with Crippen LogP contribution in [0.1, 0.15) is 6.92 Å². The van der Waals surface area contributed by atoms with Gasteiger partial charge in [0.2, 0.25) is 6.10 Å². The molecule has 0 bridgehead atoms. The van der Waals surface area contributed by atoms with Crippen molar-refractivity contribution in [3.8, 4) is 0 Å². The largest absolute Gasteiger partial charge is 0.448 e. The van der Waals surface area contributed by atoms with Crippen LogP contribution in [0, 0.1) is 0 Å². The molecule has 0 saturated heterocycles. The summed E-state index contributed by atoms with van der Waals surface area (Å²) < 4.78 is 136. The molecule has 2 atom stereocenters. The maximum absolute atomic E-state index is 12.8. The molecule has 0 aromatic carbocycles. The normalized spacial score (nSPS) is 16.1. The summed E-state index contributed by atoms with van der Waals surface area (Å²) in [7, 11) is -5.25. The summed E-state index contributed by atoms with van der Waals surface area (Å²) in [6.07, 6.45) is -18.9. The van der Waals surface area contributed by atoms with E-state index in [1.165, 1.54) is 0 Å². The monoisotopic (exact) mass is 438 g/mol. The van der Waals surface area contributed by atoms with Gasteiger partial charge in [-0.15, -0.1) is 0 Å². The van der Waals surface area contributed by atoms with Gasteiger partial charge >= 0.3 is 24.3 Å².